The maximum Gasteiger partial charge on any atom is 0.161 e. The molecular formula is C73H103F6N4O14P. The number of hydrogen-bond donors (Lipinski definition) is 3. The minimum atomic E-state index is -10.7. The van der Waals surface area contributed by atoms with Crippen molar-refractivity contribution in [3.05, 3.63) is 156 Å². The molecule has 0 fully saturated rings. The third-order valence-corrected chi connectivity index (χ3v) is 14.7. The molecule has 0 aliphatic carbocycles. The second-order valence-corrected chi connectivity index (χ2v) is 24.9. The Kier molecular flexibility index (Phi) is 38.0. The van der Waals surface area contributed by atoms with Gasteiger partial charge >= 0.3 is 33.0 Å². The monoisotopic (exact) mass is 1400 g/mol. The van der Waals surface area contributed by atoms with E-state index in [1.165, 1.54) is 81.8 Å². The molecule has 25 heteroatoms. The molecule has 6 aromatic rings. The summed E-state index contributed by atoms with van der Waals surface area (Å²) in [6.07, 6.45) is 15.9. The summed E-state index contributed by atoms with van der Waals surface area (Å²) in [6, 6.07) is 44.0. The molecule has 98 heavy (non-hydrogen) atoms. The van der Waals surface area contributed by atoms with Crippen LogP contribution in [0.3, 0.4) is 0 Å². The van der Waals surface area contributed by atoms with Crippen molar-refractivity contribution in [2.24, 2.45) is 0 Å². The van der Waals surface area contributed by atoms with E-state index in [0.717, 1.165) is 71.0 Å². The van der Waals surface area contributed by atoms with Crippen LogP contribution in [0, 0.1) is 0 Å². The minimum Gasteiger partial charge on any atom is -0.491 e. The van der Waals surface area contributed by atoms with Gasteiger partial charge in [0, 0.05) is 23.3 Å². The zero-order valence-electron chi connectivity index (χ0n) is 56.8. The molecule has 0 saturated heterocycles. The van der Waals surface area contributed by atoms with Gasteiger partial charge in [-0.1, -0.05) is 114 Å². The molecule has 4 N–H and O–H groups in total. The van der Waals surface area contributed by atoms with E-state index in [2.05, 4.69) is 47.1 Å². The van der Waals surface area contributed by atoms with E-state index in [1.807, 2.05) is 109 Å². The number of anilines is 2. The third kappa shape index (κ3) is 40.3. The summed E-state index contributed by atoms with van der Waals surface area (Å²) in [4.78, 5) is 4.99. The molecule has 5 heterocycles. The van der Waals surface area contributed by atoms with Gasteiger partial charge in [0.05, 0.1) is 135 Å². The molecule has 0 saturated carbocycles. The molecular weight excluding hydrogens is 1300 g/mol. The molecule has 5 aromatic carbocycles. The van der Waals surface area contributed by atoms with E-state index in [1.54, 1.807) is 0 Å². The number of pyridine rings is 1. The van der Waals surface area contributed by atoms with Crippen LogP contribution in [-0.4, -0.2) is 144 Å². The van der Waals surface area contributed by atoms with Crippen molar-refractivity contribution in [2.45, 2.75) is 110 Å². The first-order valence-electron chi connectivity index (χ1n) is 34.4. The zero-order valence-corrected chi connectivity index (χ0v) is 57.7. The maximum absolute atomic E-state index is 10.7. The Bertz CT molecular complexity index is 2860. The minimum absolute atomic E-state index is 0.417. The molecule has 0 spiro atoms. The van der Waals surface area contributed by atoms with E-state index in [9.17, 15) is 25.2 Å². The van der Waals surface area contributed by atoms with Crippen LogP contribution in [0.25, 0.3) is 0 Å². The van der Waals surface area contributed by atoms with E-state index in [-0.39, 0.29) is 0 Å². The van der Waals surface area contributed by atoms with Gasteiger partial charge in [-0.15, -0.1) is 0 Å². The van der Waals surface area contributed by atoms with Crippen LogP contribution in [-0.2, 0) is 59.3 Å². The number of rotatable bonds is 14. The number of aromatic nitrogens is 1. The molecule has 0 atom stereocenters. The molecule has 10 rings (SSSR count). The SMILES string of the molecule is CCCCCCCCCCCCCCOc1cc2nc(c1)CNc1ccccc1OCCOCCOCCOCCOc1ccccc1NC2.F[P-](F)(F)(F)(F)F.c1ccc2c(c1)OCCOCCOCCOc1ccc(cc1)C[NH2+]Cc1ccc(cc1)OCCOCCOCCO2. The van der Waals surface area contributed by atoms with Gasteiger partial charge in [0.1, 0.15) is 81.5 Å². The number of fused-ring (bicyclic) bond motifs is 6. The zero-order chi connectivity index (χ0) is 69.4. The van der Waals surface area contributed by atoms with Gasteiger partial charge in [-0.05, 0) is 91.3 Å². The number of ether oxygens (including phenoxy) is 14. The first kappa shape index (κ1) is 80.1. The summed E-state index contributed by atoms with van der Waals surface area (Å²) < 4.78 is 140. The first-order valence-corrected chi connectivity index (χ1v) is 36.4. The van der Waals surface area contributed by atoms with Crippen LogP contribution in [0.2, 0.25) is 0 Å². The smallest absolute Gasteiger partial charge is 0.161 e. The predicted molar refractivity (Wildman–Crippen MR) is 369 cm³/mol. The Hall–Kier alpha value is -6.86. The number of nitrogens with two attached hydrogens (primary N) is 1. The number of hydrogen-bond acceptors (Lipinski definition) is 17. The standard InChI is InChI=1S/C41H61N3O6.C32H41NO8.F6P/c1-2-3-4-5-6-7-8-9-10-11-12-17-22-48-37-31-35-33-42-38-18-13-15-20-40(38)49-29-27-46-25-23-45-24-26-47-28-30-50-41-21-16-14-19-39(41)43-34-36(32-37)44-35;1-2-4-32-31(3-1)40-23-19-36-15-13-34-17-21-38-29-9-5-27(6-10-29)25-33-26-28-7-11-30(12-8-28)39-22-18-35-14-16-37-20-24-41-32;1-7(2,3,4,5)6/h13-16,18-21,31-32,42-43H,2-12,17,22-30,33-34H2,1H3;1-12,33H,13-26H2;/q;;-1/p+1. The topological polar surface area (TPSA) is 183 Å². The number of para-hydroxylation sites is 6. The molecule has 546 valence electrons. The predicted octanol–water partition coefficient (Wildman–Crippen LogP) is 15.8. The molecule has 0 radical (unpaired) electrons. The molecule has 0 unspecified atom stereocenters. The summed E-state index contributed by atoms with van der Waals surface area (Å²) in [5.41, 5.74) is 6.09. The Morgan fingerprint density at radius 1 is 0.367 bits per heavy atom. The average molecular weight is 1410 g/mol. The fourth-order valence-corrected chi connectivity index (χ4v) is 9.87. The normalized spacial score (nSPS) is 16.8. The number of quaternary nitrogens is 1. The van der Waals surface area contributed by atoms with Gasteiger partial charge in [0.15, 0.2) is 11.5 Å². The fraction of sp³-hybridized carbons (Fsp3) is 0.521. The molecule has 4 aliphatic rings. The van der Waals surface area contributed by atoms with Gasteiger partial charge in [-0.25, -0.2) is 0 Å². The Labute approximate surface area is 574 Å². The molecule has 0 amide bonds. The van der Waals surface area contributed by atoms with E-state index in [0.29, 0.717) is 163 Å². The summed E-state index contributed by atoms with van der Waals surface area (Å²) >= 11 is 0. The van der Waals surface area contributed by atoms with Crippen LogP contribution in [0.1, 0.15) is 106 Å². The van der Waals surface area contributed by atoms with Gasteiger partial charge in [-0.2, -0.15) is 0 Å². The summed E-state index contributed by atoms with van der Waals surface area (Å²) in [5.74, 6) is 5.42. The number of benzene rings is 5. The summed E-state index contributed by atoms with van der Waals surface area (Å²) in [5, 5.41) is 9.33. The molecule has 4 aliphatic heterocycles. The van der Waals surface area contributed by atoms with Crippen molar-refractivity contribution in [3.63, 3.8) is 0 Å². The van der Waals surface area contributed by atoms with Crippen molar-refractivity contribution >= 4 is 19.2 Å². The molecule has 18 nitrogen and oxygen atoms in total. The Morgan fingerprint density at radius 2 is 0.663 bits per heavy atom. The quantitative estimate of drug-likeness (QED) is 0.0531. The van der Waals surface area contributed by atoms with Crippen LogP contribution in [0.5, 0.6) is 40.2 Å². The van der Waals surface area contributed by atoms with E-state index < -0.39 is 7.81 Å². The van der Waals surface area contributed by atoms with Crippen LogP contribution < -0.4 is 49.1 Å². The van der Waals surface area contributed by atoms with Crippen LogP contribution in [0.15, 0.2) is 133 Å². The first-order chi connectivity index (χ1) is 47.6. The molecule has 6 bridgehead atoms. The Morgan fingerprint density at radius 3 is 1.02 bits per heavy atom. The number of nitrogens with one attached hydrogen (secondary N) is 2. The number of unbranched alkanes of at least 4 members (excludes halogenated alkanes) is 11. The van der Waals surface area contributed by atoms with Crippen LogP contribution >= 0.6 is 7.81 Å². The van der Waals surface area contributed by atoms with Gasteiger partial charge in [-0.3, -0.25) is 4.98 Å². The number of halogens is 6. The largest absolute Gasteiger partial charge is 0.491 e. The Balaban J connectivity index is 0.000000286. The second-order valence-electron chi connectivity index (χ2n) is 23.0. The van der Waals surface area contributed by atoms with Crippen molar-refractivity contribution in [1.29, 1.82) is 0 Å². The van der Waals surface area contributed by atoms with E-state index in [4.69, 9.17) is 71.3 Å². The van der Waals surface area contributed by atoms with E-state index >= 15 is 0 Å². The third-order valence-electron chi connectivity index (χ3n) is 14.7. The summed E-state index contributed by atoms with van der Waals surface area (Å²) in [6.45, 7) is 15.4. The fourth-order valence-electron chi connectivity index (χ4n) is 9.87. The van der Waals surface area contributed by atoms with Gasteiger partial charge in [0.25, 0.3) is 0 Å². The summed E-state index contributed by atoms with van der Waals surface area (Å²) in [7, 11) is -10.7. The van der Waals surface area contributed by atoms with Crippen molar-refractivity contribution in [1.82, 2.24) is 4.98 Å². The maximum atomic E-state index is 9.87. The van der Waals surface area contributed by atoms with Crippen molar-refractivity contribution in [3.8, 4) is 40.2 Å². The average Bonchev–Trinajstić information content (AvgIpc) is 0.792. The number of nitrogens with zero attached hydrogens (tertiary/aromatic N) is 1. The van der Waals surface area contributed by atoms with Gasteiger partial charge in [0.2, 0.25) is 0 Å². The van der Waals surface area contributed by atoms with Gasteiger partial charge < -0.3 is 82.3 Å². The van der Waals surface area contributed by atoms with Crippen molar-refractivity contribution in [2.75, 3.05) is 149 Å². The molecule has 1 aromatic heterocycles. The van der Waals surface area contributed by atoms with Crippen molar-refractivity contribution < 1.29 is 96.8 Å². The van der Waals surface area contributed by atoms with Crippen LogP contribution in [0.4, 0.5) is 36.6 Å². The second kappa shape index (κ2) is 46.5.